The quantitative estimate of drug-likeness (QED) is 0.906. The molecule has 0 bridgehead atoms. The molecular formula is C19H22O3. The van der Waals surface area contributed by atoms with Gasteiger partial charge in [-0.1, -0.05) is 60.7 Å². The molecule has 2 aromatic rings. The molecule has 2 aromatic carbocycles. The molecule has 0 aliphatic carbocycles. The topological polar surface area (TPSA) is 38.7 Å². The molecule has 1 N–H and O–H groups in total. The standard InChI is InChI=1S/C19H22O3/c20-18(15-9-3-1-4-10-15)19(16-11-5-2-6-12-16)22-17-13-7-8-14-21-17/h1-6,9-12,17-20H,7-8,13-14H2. The second-order valence-electron chi connectivity index (χ2n) is 5.62. The van der Waals surface area contributed by atoms with Gasteiger partial charge < -0.3 is 14.6 Å². The lowest BCUT2D eigenvalue weighted by Gasteiger charge is -2.30. The van der Waals surface area contributed by atoms with E-state index in [0.29, 0.717) is 0 Å². The SMILES string of the molecule is OC(c1ccccc1)C(OC1CCCCO1)c1ccccc1. The number of aliphatic hydroxyl groups excluding tert-OH is 1. The molecule has 0 radical (unpaired) electrons. The van der Waals surface area contributed by atoms with E-state index in [4.69, 9.17) is 9.47 Å². The van der Waals surface area contributed by atoms with Crippen LogP contribution in [0.15, 0.2) is 60.7 Å². The number of rotatable bonds is 5. The minimum absolute atomic E-state index is 0.239. The number of hydrogen-bond donors (Lipinski definition) is 1. The molecule has 3 rings (SSSR count). The summed E-state index contributed by atoms with van der Waals surface area (Å²) >= 11 is 0. The molecule has 3 nitrogen and oxygen atoms in total. The number of benzene rings is 2. The van der Waals surface area contributed by atoms with Crippen molar-refractivity contribution < 1.29 is 14.6 Å². The summed E-state index contributed by atoms with van der Waals surface area (Å²) in [5.41, 5.74) is 1.82. The van der Waals surface area contributed by atoms with Gasteiger partial charge in [0, 0.05) is 6.61 Å². The van der Waals surface area contributed by atoms with Gasteiger partial charge in [0.25, 0.3) is 0 Å². The highest BCUT2D eigenvalue weighted by molar-refractivity contribution is 5.25. The van der Waals surface area contributed by atoms with Gasteiger partial charge in [0.05, 0.1) is 0 Å². The van der Waals surface area contributed by atoms with Crippen molar-refractivity contribution in [3.63, 3.8) is 0 Å². The highest BCUT2D eigenvalue weighted by Gasteiger charge is 2.28. The van der Waals surface area contributed by atoms with E-state index in [0.717, 1.165) is 37.0 Å². The summed E-state index contributed by atoms with van der Waals surface area (Å²) in [5, 5.41) is 10.8. The first kappa shape index (κ1) is 15.2. The van der Waals surface area contributed by atoms with Crippen molar-refractivity contribution >= 4 is 0 Å². The van der Waals surface area contributed by atoms with Gasteiger partial charge in [-0.25, -0.2) is 0 Å². The molecule has 1 aliphatic rings. The van der Waals surface area contributed by atoms with Crippen LogP contribution in [0.3, 0.4) is 0 Å². The van der Waals surface area contributed by atoms with Crippen LogP contribution >= 0.6 is 0 Å². The van der Waals surface area contributed by atoms with Crippen molar-refractivity contribution in [2.75, 3.05) is 6.61 Å². The molecule has 1 heterocycles. The third kappa shape index (κ3) is 3.74. The highest BCUT2D eigenvalue weighted by atomic mass is 16.7. The van der Waals surface area contributed by atoms with Crippen molar-refractivity contribution in [3.8, 4) is 0 Å². The normalized spacial score (nSPS) is 21.2. The fourth-order valence-electron chi connectivity index (χ4n) is 2.79. The Balaban J connectivity index is 1.82. The maximum absolute atomic E-state index is 10.8. The number of ether oxygens (including phenoxy) is 2. The molecule has 1 fully saturated rings. The lowest BCUT2D eigenvalue weighted by atomic mass is 9.98. The van der Waals surface area contributed by atoms with Crippen LogP contribution in [0.4, 0.5) is 0 Å². The molecule has 0 spiro atoms. The Labute approximate surface area is 131 Å². The van der Waals surface area contributed by atoms with Crippen LogP contribution in [-0.4, -0.2) is 18.0 Å². The first-order valence-electron chi connectivity index (χ1n) is 7.89. The van der Waals surface area contributed by atoms with E-state index < -0.39 is 12.2 Å². The number of aliphatic hydroxyl groups is 1. The molecule has 1 aliphatic heterocycles. The average Bonchev–Trinajstić information content (AvgIpc) is 2.61. The van der Waals surface area contributed by atoms with Gasteiger partial charge in [-0.05, 0) is 30.4 Å². The third-order valence-corrected chi connectivity index (χ3v) is 3.99. The minimum Gasteiger partial charge on any atom is -0.385 e. The van der Waals surface area contributed by atoms with Gasteiger partial charge in [0.1, 0.15) is 12.2 Å². The summed E-state index contributed by atoms with van der Waals surface area (Å²) in [7, 11) is 0. The lowest BCUT2D eigenvalue weighted by Crippen LogP contribution is -2.27. The van der Waals surface area contributed by atoms with Crippen LogP contribution in [0.5, 0.6) is 0 Å². The Morgan fingerprint density at radius 3 is 2.14 bits per heavy atom. The molecule has 3 unspecified atom stereocenters. The molecule has 22 heavy (non-hydrogen) atoms. The van der Waals surface area contributed by atoms with Gasteiger partial charge >= 0.3 is 0 Å². The molecule has 3 heteroatoms. The second-order valence-corrected chi connectivity index (χ2v) is 5.62. The lowest BCUT2D eigenvalue weighted by molar-refractivity contribution is -0.210. The van der Waals surface area contributed by atoms with Crippen LogP contribution in [0.25, 0.3) is 0 Å². The molecule has 0 aromatic heterocycles. The fraction of sp³-hybridized carbons (Fsp3) is 0.368. The average molecular weight is 298 g/mol. The van der Waals surface area contributed by atoms with E-state index in [9.17, 15) is 5.11 Å². The molecule has 1 saturated heterocycles. The van der Waals surface area contributed by atoms with Crippen LogP contribution in [-0.2, 0) is 9.47 Å². The Hall–Kier alpha value is -1.68. The van der Waals surface area contributed by atoms with Crippen LogP contribution in [0, 0.1) is 0 Å². The minimum atomic E-state index is -0.714. The smallest absolute Gasteiger partial charge is 0.158 e. The van der Waals surface area contributed by atoms with E-state index in [-0.39, 0.29) is 6.29 Å². The Morgan fingerprint density at radius 2 is 1.55 bits per heavy atom. The maximum atomic E-state index is 10.8. The Bertz CT molecular complexity index is 549. The van der Waals surface area contributed by atoms with E-state index in [1.807, 2.05) is 60.7 Å². The van der Waals surface area contributed by atoms with Crippen molar-refractivity contribution in [2.45, 2.75) is 37.8 Å². The van der Waals surface area contributed by atoms with Crippen LogP contribution in [0.2, 0.25) is 0 Å². The molecular weight excluding hydrogens is 276 g/mol. The first-order chi connectivity index (χ1) is 10.8. The largest absolute Gasteiger partial charge is 0.385 e. The van der Waals surface area contributed by atoms with Gasteiger partial charge in [-0.2, -0.15) is 0 Å². The summed E-state index contributed by atoms with van der Waals surface area (Å²) in [5.74, 6) is 0. The highest BCUT2D eigenvalue weighted by Crippen LogP contribution is 2.34. The zero-order valence-electron chi connectivity index (χ0n) is 12.6. The monoisotopic (exact) mass is 298 g/mol. The van der Waals surface area contributed by atoms with Gasteiger partial charge in [0.15, 0.2) is 6.29 Å². The van der Waals surface area contributed by atoms with Crippen molar-refractivity contribution in [3.05, 3.63) is 71.8 Å². The molecule has 0 amide bonds. The summed E-state index contributed by atoms with van der Waals surface area (Å²) in [6.07, 6.45) is 1.69. The van der Waals surface area contributed by atoms with Gasteiger partial charge in [-0.15, -0.1) is 0 Å². The van der Waals surface area contributed by atoms with E-state index >= 15 is 0 Å². The Kier molecular flexibility index (Phi) is 5.22. The van der Waals surface area contributed by atoms with E-state index in [1.54, 1.807) is 0 Å². The van der Waals surface area contributed by atoms with Crippen LogP contribution < -0.4 is 0 Å². The van der Waals surface area contributed by atoms with Gasteiger partial charge in [-0.3, -0.25) is 0 Å². The summed E-state index contributed by atoms with van der Waals surface area (Å²) in [6, 6.07) is 19.5. The molecule has 0 saturated carbocycles. The fourth-order valence-corrected chi connectivity index (χ4v) is 2.79. The summed E-state index contributed by atoms with van der Waals surface area (Å²) in [6.45, 7) is 0.730. The predicted molar refractivity (Wildman–Crippen MR) is 85.3 cm³/mol. The maximum Gasteiger partial charge on any atom is 0.158 e. The van der Waals surface area contributed by atoms with Crippen molar-refractivity contribution in [1.29, 1.82) is 0 Å². The van der Waals surface area contributed by atoms with E-state index in [1.165, 1.54) is 0 Å². The first-order valence-corrected chi connectivity index (χ1v) is 7.89. The molecule has 116 valence electrons. The van der Waals surface area contributed by atoms with E-state index in [2.05, 4.69) is 0 Å². The summed E-state index contributed by atoms with van der Waals surface area (Å²) < 4.78 is 11.8. The third-order valence-electron chi connectivity index (χ3n) is 3.99. The predicted octanol–water partition coefficient (Wildman–Crippen LogP) is 4.00. The zero-order chi connectivity index (χ0) is 15.2. The zero-order valence-corrected chi connectivity index (χ0v) is 12.6. The van der Waals surface area contributed by atoms with Crippen molar-refractivity contribution in [1.82, 2.24) is 0 Å². The molecule has 3 atom stereocenters. The summed E-state index contributed by atoms with van der Waals surface area (Å²) in [4.78, 5) is 0. The number of hydrogen-bond acceptors (Lipinski definition) is 3. The van der Waals surface area contributed by atoms with Crippen molar-refractivity contribution in [2.24, 2.45) is 0 Å². The second kappa shape index (κ2) is 7.54. The van der Waals surface area contributed by atoms with Crippen LogP contribution in [0.1, 0.15) is 42.6 Å². The Morgan fingerprint density at radius 1 is 0.909 bits per heavy atom. The van der Waals surface area contributed by atoms with Gasteiger partial charge in [0.2, 0.25) is 0 Å².